The zero-order valence-corrected chi connectivity index (χ0v) is 13.6. The molecule has 0 atom stereocenters. The van der Waals surface area contributed by atoms with Gasteiger partial charge in [0.25, 0.3) is 0 Å². The van der Waals surface area contributed by atoms with Crippen molar-refractivity contribution in [2.75, 3.05) is 13.1 Å². The van der Waals surface area contributed by atoms with Crippen LogP contribution in [0.5, 0.6) is 0 Å². The summed E-state index contributed by atoms with van der Waals surface area (Å²) in [5.74, 6) is 0.464. The number of nitrogens with one attached hydrogen (secondary N) is 1. The lowest BCUT2D eigenvalue weighted by atomic mass is 10.3. The van der Waals surface area contributed by atoms with Gasteiger partial charge >= 0.3 is 0 Å². The molecular weight excluding hydrogens is 369 g/mol. The number of hydrogen-bond donors (Lipinski definition) is 2. The van der Waals surface area contributed by atoms with Gasteiger partial charge in [-0.25, -0.2) is 4.99 Å². The van der Waals surface area contributed by atoms with E-state index in [0.29, 0.717) is 12.5 Å². The molecule has 0 aliphatic rings. The van der Waals surface area contributed by atoms with Gasteiger partial charge in [-0.2, -0.15) is 0 Å². The second-order valence-electron chi connectivity index (χ2n) is 3.54. The highest BCUT2D eigenvalue weighted by atomic mass is 127. The first-order valence-electron chi connectivity index (χ1n) is 5.00. The van der Waals surface area contributed by atoms with Crippen LogP contribution in [0, 0.1) is 0 Å². The Morgan fingerprint density at radius 2 is 2.29 bits per heavy atom. The predicted molar refractivity (Wildman–Crippen MR) is 87.8 cm³/mol. The van der Waals surface area contributed by atoms with Crippen molar-refractivity contribution >= 4 is 52.9 Å². The maximum atomic E-state index is 5.83. The number of guanidine groups is 1. The molecule has 0 fully saturated rings. The van der Waals surface area contributed by atoms with Gasteiger partial charge in [-0.05, 0) is 25.5 Å². The van der Waals surface area contributed by atoms with E-state index in [2.05, 4.69) is 16.9 Å². The third-order valence-electron chi connectivity index (χ3n) is 1.83. The summed E-state index contributed by atoms with van der Waals surface area (Å²) < 4.78 is 0.818. The third kappa shape index (κ3) is 7.62. The first-order valence-corrected chi connectivity index (χ1v) is 6.20. The molecule has 1 aromatic rings. The Morgan fingerprint density at radius 1 is 1.59 bits per heavy atom. The highest BCUT2D eigenvalue weighted by Gasteiger charge is 1.98. The average Bonchev–Trinajstić information content (AvgIpc) is 2.61. The molecule has 1 aromatic heterocycles. The van der Waals surface area contributed by atoms with E-state index in [1.165, 1.54) is 4.88 Å². The second kappa shape index (κ2) is 8.77. The van der Waals surface area contributed by atoms with Crippen molar-refractivity contribution in [1.82, 2.24) is 5.32 Å². The van der Waals surface area contributed by atoms with E-state index in [1.807, 2.05) is 19.1 Å². The fraction of sp³-hybridized carbons (Fsp3) is 0.364. The molecule has 3 nitrogen and oxygen atoms in total. The van der Waals surface area contributed by atoms with Crippen molar-refractivity contribution in [2.24, 2.45) is 10.7 Å². The quantitative estimate of drug-likeness (QED) is 0.354. The number of nitrogens with zero attached hydrogens (tertiary/aromatic N) is 1. The molecule has 1 heterocycles. The molecule has 96 valence electrons. The molecule has 17 heavy (non-hydrogen) atoms. The Hall–Kier alpha value is -0.270. The van der Waals surface area contributed by atoms with Gasteiger partial charge in [-0.3, -0.25) is 0 Å². The molecule has 0 aliphatic heterocycles. The third-order valence-corrected chi connectivity index (χ3v) is 3.12. The minimum atomic E-state index is 0. The van der Waals surface area contributed by atoms with Gasteiger partial charge in [0.2, 0.25) is 0 Å². The highest BCUT2D eigenvalue weighted by Crippen LogP contribution is 2.21. The largest absolute Gasteiger partial charge is 0.370 e. The number of hydrogen-bond acceptors (Lipinski definition) is 2. The summed E-state index contributed by atoms with van der Waals surface area (Å²) in [5, 5.41) is 3.05. The maximum absolute atomic E-state index is 5.83. The van der Waals surface area contributed by atoms with Crippen molar-refractivity contribution in [2.45, 2.75) is 13.3 Å². The van der Waals surface area contributed by atoms with Crippen LogP contribution in [0.4, 0.5) is 0 Å². The van der Waals surface area contributed by atoms with Crippen LogP contribution in [0.25, 0.3) is 0 Å². The SMILES string of the molecule is C=C(C)CN=C(N)NCCc1ccc(Cl)s1.I. The minimum Gasteiger partial charge on any atom is -0.370 e. The fourth-order valence-corrected chi connectivity index (χ4v) is 2.16. The molecule has 0 saturated heterocycles. The molecule has 0 aromatic carbocycles. The Balaban J connectivity index is 0.00000256. The summed E-state index contributed by atoms with van der Waals surface area (Å²) in [6.45, 7) is 7.01. The topological polar surface area (TPSA) is 50.4 Å². The summed E-state index contributed by atoms with van der Waals surface area (Å²) >= 11 is 7.41. The first-order chi connectivity index (χ1) is 7.58. The minimum absolute atomic E-state index is 0. The lowest BCUT2D eigenvalue weighted by Crippen LogP contribution is -2.33. The van der Waals surface area contributed by atoms with E-state index in [1.54, 1.807) is 11.3 Å². The van der Waals surface area contributed by atoms with Crippen molar-refractivity contribution in [1.29, 1.82) is 0 Å². The van der Waals surface area contributed by atoms with Crippen LogP contribution in [0.1, 0.15) is 11.8 Å². The van der Waals surface area contributed by atoms with Gasteiger partial charge in [-0.15, -0.1) is 35.3 Å². The van der Waals surface area contributed by atoms with Crippen molar-refractivity contribution in [3.05, 3.63) is 33.5 Å². The van der Waals surface area contributed by atoms with Gasteiger partial charge in [0.15, 0.2) is 5.96 Å². The van der Waals surface area contributed by atoms with E-state index < -0.39 is 0 Å². The molecule has 0 unspecified atom stereocenters. The molecular formula is C11H17ClIN3S. The molecule has 0 amide bonds. The smallest absolute Gasteiger partial charge is 0.188 e. The van der Waals surface area contributed by atoms with Crippen LogP contribution in [0.15, 0.2) is 29.3 Å². The van der Waals surface area contributed by atoms with Crippen LogP contribution in [-0.2, 0) is 6.42 Å². The molecule has 0 radical (unpaired) electrons. The Labute approximate surface area is 128 Å². The van der Waals surface area contributed by atoms with Gasteiger partial charge in [0.1, 0.15) is 0 Å². The lowest BCUT2D eigenvalue weighted by molar-refractivity contribution is 0.862. The van der Waals surface area contributed by atoms with Gasteiger partial charge in [0, 0.05) is 11.4 Å². The molecule has 1 rings (SSSR count). The molecule has 0 saturated carbocycles. The Kier molecular flexibility index (Phi) is 8.63. The number of halogens is 2. The summed E-state index contributed by atoms with van der Waals surface area (Å²) in [6, 6.07) is 3.93. The molecule has 3 N–H and O–H groups in total. The second-order valence-corrected chi connectivity index (χ2v) is 5.34. The van der Waals surface area contributed by atoms with Crippen molar-refractivity contribution in [3.8, 4) is 0 Å². The van der Waals surface area contributed by atoms with Gasteiger partial charge in [-0.1, -0.05) is 23.8 Å². The summed E-state index contributed by atoms with van der Waals surface area (Å²) in [6.07, 6.45) is 0.903. The van der Waals surface area contributed by atoms with E-state index in [-0.39, 0.29) is 24.0 Å². The van der Waals surface area contributed by atoms with Crippen LogP contribution >= 0.6 is 46.9 Å². The first kappa shape index (κ1) is 16.7. The molecule has 6 heteroatoms. The average molecular weight is 386 g/mol. The van der Waals surface area contributed by atoms with E-state index >= 15 is 0 Å². The van der Waals surface area contributed by atoms with Crippen molar-refractivity contribution < 1.29 is 0 Å². The fourth-order valence-electron chi connectivity index (χ4n) is 1.08. The predicted octanol–water partition coefficient (Wildman–Crippen LogP) is 3.04. The summed E-state index contributed by atoms with van der Waals surface area (Å²) in [4.78, 5) is 5.36. The van der Waals surface area contributed by atoms with Gasteiger partial charge < -0.3 is 11.1 Å². The van der Waals surface area contributed by atoms with E-state index in [4.69, 9.17) is 17.3 Å². The Morgan fingerprint density at radius 3 is 2.82 bits per heavy atom. The van der Waals surface area contributed by atoms with E-state index in [9.17, 15) is 0 Å². The molecule has 0 aliphatic carbocycles. The van der Waals surface area contributed by atoms with Crippen molar-refractivity contribution in [3.63, 3.8) is 0 Å². The van der Waals surface area contributed by atoms with E-state index in [0.717, 1.165) is 22.9 Å². The standard InChI is InChI=1S/C11H16ClN3S.HI/c1-8(2)7-15-11(13)14-6-5-9-3-4-10(12)16-9;/h3-4H,1,5-7H2,2H3,(H3,13,14,15);1H. The molecule has 0 bridgehead atoms. The number of aliphatic imine (C=N–C) groups is 1. The molecule has 0 spiro atoms. The zero-order valence-electron chi connectivity index (χ0n) is 9.70. The Bertz CT molecular complexity index is 390. The number of thiophene rings is 1. The lowest BCUT2D eigenvalue weighted by Gasteiger charge is -2.04. The van der Waals surface area contributed by atoms with Crippen LogP contribution in [0.2, 0.25) is 4.34 Å². The summed E-state index contributed by atoms with van der Waals surface area (Å²) in [5.41, 5.74) is 6.66. The zero-order chi connectivity index (χ0) is 12.0. The van der Waals surface area contributed by atoms with Crippen LogP contribution in [0.3, 0.4) is 0 Å². The normalized spacial score (nSPS) is 10.8. The maximum Gasteiger partial charge on any atom is 0.188 e. The highest BCUT2D eigenvalue weighted by molar-refractivity contribution is 14.0. The number of nitrogens with two attached hydrogens (primary N) is 1. The summed E-state index contributed by atoms with van der Waals surface area (Å²) in [7, 11) is 0. The van der Waals surface area contributed by atoms with Crippen LogP contribution < -0.4 is 11.1 Å². The number of rotatable bonds is 5. The monoisotopic (exact) mass is 385 g/mol. The van der Waals surface area contributed by atoms with Gasteiger partial charge in [0.05, 0.1) is 10.9 Å². The van der Waals surface area contributed by atoms with Crippen LogP contribution in [-0.4, -0.2) is 19.0 Å².